The number of aromatic nitrogens is 3. The molecule has 0 atom stereocenters. The van der Waals surface area contributed by atoms with Crippen LogP contribution < -0.4 is 0 Å². The number of aromatic amines is 2. The lowest BCUT2D eigenvalue weighted by Gasteiger charge is -2.26. The van der Waals surface area contributed by atoms with E-state index in [9.17, 15) is 9.18 Å². The van der Waals surface area contributed by atoms with Crippen molar-refractivity contribution in [2.75, 3.05) is 6.54 Å². The number of carbonyl (C=O) groups excluding carboxylic acids is 1. The predicted molar refractivity (Wildman–Crippen MR) is 80.0 cm³/mol. The van der Waals surface area contributed by atoms with Crippen LogP contribution in [-0.2, 0) is 13.0 Å². The van der Waals surface area contributed by atoms with Crippen LogP contribution >= 0.6 is 0 Å². The average Bonchev–Trinajstić information content (AvgIpc) is 3.17. The first-order chi connectivity index (χ1) is 10.6. The molecule has 0 radical (unpaired) electrons. The summed E-state index contributed by atoms with van der Waals surface area (Å²) >= 11 is 0. The molecule has 1 aliphatic rings. The van der Waals surface area contributed by atoms with Gasteiger partial charge in [0.2, 0.25) is 0 Å². The monoisotopic (exact) mass is 298 g/mol. The highest BCUT2D eigenvalue weighted by atomic mass is 19.1. The van der Waals surface area contributed by atoms with Crippen molar-refractivity contribution in [1.82, 2.24) is 20.1 Å². The quantitative estimate of drug-likeness (QED) is 0.725. The Morgan fingerprint density at radius 1 is 1.36 bits per heavy atom. The van der Waals surface area contributed by atoms with Crippen LogP contribution in [0, 0.1) is 12.7 Å². The van der Waals surface area contributed by atoms with E-state index in [0.717, 1.165) is 22.2 Å². The van der Waals surface area contributed by atoms with Crippen molar-refractivity contribution in [3.8, 4) is 0 Å². The van der Waals surface area contributed by atoms with Crippen molar-refractivity contribution >= 4 is 16.8 Å². The van der Waals surface area contributed by atoms with Crippen LogP contribution in [0.2, 0.25) is 0 Å². The van der Waals surface area contributed by atoms with Crippen LogP contribution in [0.3, 0.4) is 0 Å². The molecule has 3 aromatic rings. The Hall–Kier alpha value is -2.63. The van der Waals surface area contributed by atoms with Crippen LogP contribution in [0.4, 0.5) is 4.39 Å². The number of halogens is 1. The molecule has 3 heterocycles. The van der Waals surface area contributed by atoms with Crippen LogP contribution in [0.15, 0.2) is 24.4 Å². The van der Waals surface area contributed by atoms with Crippen molar-refractivity contribution < 1.29 is 9.18 Å². The summed E-state index contributed by atoms with van der Waals surface area (Å²) in [5.41, 5.74) is 4.00. The van der Waals surface area contributed by atoms with E-state index in [4.69, 9.17) is 0 Å². The van der Waals surface area contributed by atoms with Crippen LogP contribution in [-0.4, -0.2) is 32.5 Å². The van der Waals surface area contributed by atoms with Gasteiger partial charge in [0, 0.05) is 42.4 Å². The topological polar surface area (TPSA) is 64.8 Å². The number of hydrogen-bond donors (Lipinski definition) is 2. The summed E-state index contributed by atoms with van der Waals surface area (Å²) in [6, 6.07) is 4.92. The Labute approximate surface area is 126 Å². The largest absolute Gasteiger partial charge is 0.356 e. The first-order valence-corrected chi connectivity index (χ1v) is 7.22. The zero-order valence-corrected chi connectivity index (χ0v) is 12.1. The second kappa shape index (κ2) is 4.69. The van der Waals surface area contributed by atoms with Gasteiger partial charge in [0.15, 0.2) is 0 Å². The molecule has 2 N–H and O–H groups in total. The van der Waals surface area contributed by atoms with Crippen LogP contribution in [0.25, 0.3) is 10.9 Å². The SMILES string of the molecule is Cc1ccc(F)c2[nH]c3c(c12)CN(C(=O)c1cc[nH]n1)CC3. The summed E-state index contributed by atoms with van der Waals surface area (Å²) < 4.78 is 14.0. The van der Waals surface area contributed by atoms with E-state index in [1.165, 1.54) is 6.07 Å². The number of aryl methyl sites for hydroxylation is 1. The summed E-state index contributed by atoms with van der Waals surface area (Å²) in [4.78, 5) is 17.4. The Morgan fingerprint density at radius 2 is 2.23 bits per heavy atom. The Balaban J connectivity index is 1.77. The van der Waals surface area contributed by atoms with E-state index in [0.29, 0.717) is 30.7 Å². The molecule has 0 spiro atoms. The van der Waals surface area contributed by atoms with E-state index >= 15 is 0 Å². The molecule has 4 rings (SSSR count). The Bertz CT molecular complexity index is 866. The van der Waals surface area contributed by atoms with Gasteiger partial charge < -0.3 is 9.88 Å². The Kier molecular flexibility index (Phi) is 2.79. The van der Waals surface area contributed by atoms with Crippen molar-refractivity contribution in [3.63, 3.8) is 0 Å². The molecule has 1 amide bonds. The maximum atomic E-state index is 14.0. The summed E-state index contributed by atoms with van der Waals surface area (Å²) in [6.45, 7) is 3.04. The minimum atomic E-state index is -0.250. The maximum Gasteiger partial charge on any atom is 0.274 e. The van der Waals surface area contributed by atoms with Crippen molar-refractivity contribution in [2.45, 2.75) is 19.9 Å². The van der Waals surface area contributed by atoms with Crippen molar-refractivity contribution in [3.05, 3.63) is 52.7 Å². The number of nitrogens with zero attached hydrogens (tertiary/aromatic N) is 2. The van der Waals surface area contributed by atoms with Crippen LogP contribution in [0.1, 0.15) is 27.3 Å². The van der Waals surface area contributed by atoms with Gasteiger partial charge in [0.25, 0.3) is 5.91 Å². The molecule has 112 valence electrons. The normalized spacial score (nSPS) is 14.4. The van der Waals surface area contributed by atoms with Gasteiger partial charge in [-0.15, -0.1) is 0 Å². The van der Waals surface area contributed by atoms with E-state index in [1.807, 2.05) is 6.92 Å². The third kappa shape index (κ3) is 1.83. The van der Waals surface area contributed by atoms with Gasteiger partial charge in [0.05, 0.1) is 5.52 Å². The number of carbonyl (C=O) groups is 1. The highest BCUT2D eigenvalue weighted by Gasteiger charge is 2.27. The summed E-state index contributed by atoms with van der Waals surface area (Å²) in [7, 11) is 0. The third-order valence-corrected chi connectivity index (χ3v) is 4.29. The highest BCUT2D eigenvalue weighted by Crippen LogP contribution is 2.31. The molecule has 6 heteroatoms. The molecule has 2 aromatic heterocycles. The maximum absolute atomic E-state index is 14.0. The van der Waals surface area contributed by atoms with Gasteiger partial charge in [-0.1, -0.05) is 6.07 Å². The van der Waals surface area contributed by atoms with E-state index in [2.05, 4.69) is 15.2 Å². The zero-order valence-electron chi connectivity index (χ0n) is 12.1. The van der Waals surface area contributed by atoms with E-state index in [1.54, 1.807) is 23.2 Å². The number of rotatable bonds is 1. The third-order valence-electron chi connectivity index (χ3n) is 4.29. The molecule has 0 aliphatic carbocycles. The summed E-state index contributed by atoms with van der Waals surface area (Å²) in [5, 5.41) is 7.50. The van der Waals surface area contributed by atoms with Gasteiger partial charge in [0.1, 0.15) is 11.5 Å². The highest BCUT2D eigenvalue weighted by molar-refractivity contribution is 5.94. The lowest BCUT2D eigenvalue weighted by molar-refractivity contribution is 0.0729. The summed E-state index contributed by atoms with van der Waals surface area (Å²) in [5.74, 6) is -0.351. The standard InChI is InChI=1S/C16H15FN4O/c1-9-2-3-11(17)15-14(9)10-8-21(7-5-12(10)19-15)16(22)13-4-6-18-20-13/h2-4,6,19H,5,7-8H2,1H3,(H,18,20). The second-order valence-corrected chi connectivity index (χ2v) is 5.63. The molecule has 1 aliphatic heterocycles. The van der Waals surface area contributed by atoms with Gasteiger partial charge >= 0.3 is 0 Å². The lowest BCUT2D eigenvalue weighted by atomic mass is 10.0. The number of fused-ring (bicyclic) bond motifs is 3. The first-order valence-electron chi connectivity index (χ1n) is 7.22. The molecular weight excluding hydrogens is 283 g/mol. The number of H-pyrrole nitrogens is 2. The lowest BCUT2D eigenvalue weighted by Crippen LogP contribution is -2.36. The second-order valence-electron chi connectivity index (χ2n) is 5.63. The van der Waals surface area contributed by atoms with Crippen molar-refractivity contribution in [2.24, 2.45) is 0 Å². The fourth-order valence-corrected chi connectivity index (χ4v) is 3.19. The molecule has 0 saturated carbocycles. The number of nitrogens with one attached hydrogen (secondary N) is 2. The number of hydrogen-bond acceptors (Lipinski definition) is 2. The number of amides is 1. The van der Waals surface area contributed by atoms with Crippen LogP contribution in [0.5, 0.6) is 0 Å². The van der Waals surface area contributed by atoms with Gasteiger partial charge in [-0.25, -0.2) is 4.39 Å². The van der Waals surface area contributed by atoms with E-state index < -0.39 is 0 Å². The van der Waals surface area contributed by atoms with Crippen molar-refractivity contribution in [1.29, 1.82) is 0 Å². The average molecular weight is 298 g/mol. The molecular formula is C16H15FN4O. The molecule has 22 heavy (non-hydrogen) atoms. The molecule has 1 aromatic carbocycles. The zero-order chi connectivity index (χ0) is 15.3. The molecule has 0 fully saturated rings. The minimum absolute atomic E-state index is 0.102. The molecule has 0 saturated heterocycles. The fourth-order valence-electron chi connectivity index (χ4n) is 3.19. The van der Waals surface area contributed by atoms with E-state index in [-0.39, 0.29) is 11.7 Å². The molecule has 0 bridgehead atoms. The van der Waals surface area contributed by atoms with Gasteiger partial charge in [-0.05, 0) is 24.6 Å². The minimum Gasteiger partial charge on any atom is -0.356 e. The number of benzene rings is 1. The first kappa shape index (κ1) is 13.1. The predicted octanol–water partition coefficient (Wildman–Crippen LogP) is 2.54. The Morgan fingerprint density at radius 3 is 3.00 bits per heavy atom. The summed E-state index contributed by atoms with van der Waals surface area (Å²) in [6.07, 6.45) is 2.33. The smallest absolute Gasteiger partial charge is 0.274 e. The fraction of sp³-hybridized carbons (Fsp3) is 0.250. The van der Waals surface area contributed by atoms with Gasteiger partial charge in [-0.3, -0.25) is 9.89 Å². The molecule has 0 unspecified atom stereocenters. The van der Waals surface area contributed by atoms with Gasteiger partial charge in [-0.2, -0.15) is 5.10 Å². The molecule has 5 nitrogen and oxygen atoms in total.